The Labute approximate surface area is 71.7 Å². The van der Waals surface area contributed by atoms with Crippen molar-refractivity contribution >= 4 is 6.09 Å². The molecule has 0 unspecified atom stereocenters. The first-order valence-electron chi connectivity index (χ1n) is 3.75. The molecule has 3 N–H and O–H groups in total. The number of amides is 1. The summed E-state index contributed by atoms with van der Waals surface area (Å²) in [5, 5.41) is 9.54. The van der Waals surface area contributed by atoms with Crippen molar-refractivity contribution in [3.05, 3.63) is 0 Å². The quantitative estimate of drug-likeness (QED) is 0.597. The molecule has 0 aromatic heterocycles. The molecule has 0 aromatic carbocycles. The molecule has 0 saturated carbocycles. The van der Waals surface area contributed by atoms with Gasteiger partial charge in [0.2, 0.25) is 0 Å². The number of carbonyl (C=O) groups excluding carboxylic acids is 1. The second-order valence-electron chi connectivity index (χ2n) is 2.39. The summed E-state index contributed by atoms with van der Waals surface area (Å²) in [5.74, 6) is 2.41. The van der Waals surface area contributed by atoms with E-state index >= 15 is 0 Å². The van der Waals surface area contributed by atoms with Crippen LogP contribution in [0.5, 0.6) is 0 Å². The van der Waals surface area contributed by atoms with Crippen molar-refractivity contribution in [1.29, 1.82) is 0 Å². The normalized spacial score (nSPS) is 9.92. The lowest BCUT2D eigenvalue weighted by molar-refractivity contribution is 0.0921. The van der Waals surface area contributed by atoms with Crippen molar-refractivity contribution in [3.63, 3.8) is 0 Å². The maximum absolute atomic E-state index is 10.1. The third kappa shape index (κ3) is 3.84. The van der Waals surface area contributed by atoms with Crippen LogP contribution in [-0.2, 0) is 4.74 Å². The molecule has 0 aliphatic carbocycles. The Morgan fingerprint density at radius 3 is 2.42 bits per heavy atom. The Morgan fingerprint density at radius 2 is 2.08 bits per heavy atom. The molecule has 0 atom stereocenters. The van der Waals surface area contributed by atoms with Crippen molar-refractivity contribution in [3.8, 4) is 12.0 Å². The zero-order valence-corrected chi connectivity index (χ0v) is 7.26. The molecule has 0 aliphatic rings. The summed E-state index contributed by atoms with van der Waals surface area (Å²) in [6.07, 6.45) is 2.06. The maximum Gasteiger partial charge on any atom is 0.418 e. The number of rotatable bonds is 2. The lowest BCUT2D eigenvalue weighted by atomic mass is 9.99. The molecular weight excluding hydrogens is 158 g/mol. The fraction of sp³-hybridized carbons (Fsp3) is 0.625. The molecule has 0 saturated heterocycles. The number of primary amides is 1. The van der Waals surface area contributed by atoms with Gasteiger partial charge in [0, 0.05) is 0 Å². The zero-order valence-electron chi connectivity index (χ0n) is 7.26. The standard InChI is InChI=1S/C8H13NO3/c1-3-8(11,4-2)5-6-12-7(9)10/h11H,3-4H2,1-2H3,(H2,9,10). The second-order valence-corrected chi connectivity index (χ2v) is 2.39. The van der Waals surface area contributed by atoms with Gasteiger partial charge < -0.3 is 15.6 Å². The summed E-state index contributed by atoms with van der Waals surface area (Å²) >= 11 is 0. The van der Waals surface area contributed by atoms with Crippen molar-refractivity contribution < 1.29 is 14.6 Å². The maximum atomic E-state index is 10.1. The minimum Gasteiger partial charge on any atom is -0.378 e. The van der Waals surface area contributed by atoms with Gasteiger partial charge in [0.25, 0.3) is 0 Å². The van der Waals surface area contributed by atoms with Gasteiger partial charge >= 0.3 is 6.09 Å². The number of nitrogens with two attached hydrogens (primary N) is 1. The Morgan fingerprint density at radius 1 is 1.58 bits per heavy atom. The smallest absolute Gasteiger partial charge is 0.378 e. The average molecular weight is 171 g/mol. The number of ether oxygens (including phenoxy) is 1. The van der Waals surface area contributed by atoms with E-state index < -0.39 is 11.7 Å². The van der Waals surface area contributed by atoms with Gasteiger partial charge in [0.15, 0.2) is 0 Å². The minimum atomic E-state index is -1.07. The summed E-state index contributed by atoms with van der Waals surface area (Å²) < 4.78 is 4.16. The van der Waals surface area contributed by atoms with Gasteiger partial charge in [-0.15, -0.1) is 0 Å². The van der Waals surface area contributed by atoms with Gasteiger partial charge in [0.05, 0.1) is 0 Å². The molecule has 1 amide bonds. The molecule has 0 fully saturated rings. The summed E-state index contributed by atoms with van der Waals surface area (Å²) in [5.41, 5.74) is 3.59. The second kappa shape index (κ2) is 4.62. The molecule has 0 rings (SSSR count). The number of aliphatic hydroxyl groups is 1. The molecule has 0 bridgehead atoms. The van der Waals surface area contributed by atoms with E-state index in [2.05, 4.69) is 22.5 Å². The first-order chi connectivity index (χ1) is 5.54. The SMILES string of the molecule is CCC(O)(C#COC(N)=O)CC. The van der Waals surface area contributed by atoms with Crippen LogP contribution in [0.1, 0.15) is 26.7 Å². The van der Waals surface area contributed by atoms with Crippen LogP contribution in [0.4, 0.5) is 4.79 Å². The number of carbonyl (C=O) groups is 1. The van der Waals surface area contributed by atoms with Crippen LogP contribution < -0.4 is 5.73 Å². The van der Waals surface area contributed by atoms with Crippen LogP contribution in [-0.4, -0.2) is 16.8 Å². The van der Waals surface area contributed by atoms with Gasteiger partial charge in [-0.2, -0.15) is 0 Å². The van der Waals surface area contributed by atoms with E-state index in [1.165, 1.54) is 0 Å². The monoisotopic (exact) mass is 171 g/mol. The highest BCUT2D eigenvalue weighted by molar-refractivity contribution is 5.65. The van der Waals surface area contributed by atoms with Crippen LogP contribution >= 0.6 is 0 Å². The van der Waals surface area contributed by atoms with E-state index in [4.69, 9.17) is 0 Å². The van der Waals surface area contributed by atoms with Gasteiger partial charge in [-0.25, -0.2) is 4.79 Å². The highest BCUT2D eigenvalue weighted by Crippen LogP contribution is 2.12. The highest BCUT2D eigenvalue weighted by atomic mass is 16.5. The molecule has 68 valence electrons. The van der Waals surface area contributed by atoms with Gasteiger partial charge in [-0.3, -0.25) is 0 Å². The van der Waals surface area contributed by atoms with Gasteiger partial charge in [-0.1, -0.05) is 13.8 Å². The van der Waals surface area contributed by atoms with Crippen LogP contribution in [0.15, 0.2) is 0 Å². The fourth-order valence-corrected chi connectivity index (χ4v) is 0.598. The van der Waals surface area contributed by atoms with Gasteiger partial charge in [-0.05, 0) is 18.8 Å². The number of hydrogen-bond donors (Lipinski definition) is 2. The van der Waals surface area contributed by atoms with Crippen LogP contribution in [0, 0.1) is 12.0 Å². The Bertz CT molecular complexity index is 210. The predicted molar refractivity (Wildman–Crippen MR) is 44.0 cm³/mol. The van der Waals surface area contributed by atoms with Crippen molar-refractivity contribution in [1.82, 2.24) is 0 Å². The molecule has 0 radical (unpaired) electrons. The third-order valence-corrected chi connectivity index (χ3v) is 1.61. The average Bonchev–Trinajstić information content (AvgIpc) is 2.03. The fourth-order valence-electron chi connectivity index (χ4n) is 0.598. The van der Waals surface area contributed by atoms with E-state index in [1.54, 1.807) is 13.8 Å². The highest BCUT2D eigenvalue weighted by Gasteiger charge is 2.18. The predicted octanol–water partition coefficient (Wildman–Crippen LogP) is 0.594. The van der Waals surface area contributed by atoms with Gasteiger partial charge in [0.1, 0.15) is 11.7 Å². The molecule has 4 nitrogen and oxygen atoms in total. The summed E-state index contributed by atoms with van der Waals surface area (Å²) in [6.45, 7) is 3.59. The van der Waals surface area contributed by atoms with Crippen LogP contribution in [0.3, 0.4) is 0 Å². The third-order valence-electron chi connectivity index (χ3n) is 1.61. The van der Waals surface area contributed by atoms with Crippen LogP contribution in [0.25, 0.3) is 0 Å². The molecular formula is C8H13NO3. The van der Waals surface area contributed by atoms with Crippen molar-refractivity contribution in [2.45, 2.75) is 32.3 Å². The molecule has 4 heteroatoms. The molecule has 0 aliphatic heterocycles. The molecule has 0 aromatic rings. The largest absolute Gasteiger partial charge is 0.418 e. The number of hydrogen-bond acceptors (Lipinski definition) is 3. The van der Waals surface area contributed by atoms with Crippen LogP contribution in [0.2, 0.25) is 0 Å². The topological polar surface area (TPSA) is 72.6 Å². The van der Waals surface area contributed by atoms with Crippen molar-refractivity contribution in [2.75, 3.05) is 0 Å². The van der Waals surface area contributed by atoms with E-state index in [9.17, 15) is 9.90 Å². The van der Waals surface area contributed by atoms with Crippen molar-refractivity contribution in [2.24, 2.45) is 5.73 Å². The van der Waals surface area contributed by atoms with E-state index in [-0.39, 0.29) is 0 Å². The van der Waals surface area contributed by atoms with E-state index in [0.717, 1.165) is 0 Å². The van der Waals surface area contributed by atoms with E-state index in [0.29, 0.717) is 12.8 Å². The Balaban J connectivity index is 4.15. The minimum absolute atomic E-state index is 0.485. The lowest BCUT2D eigenvalue weighted by Crippen LogP contribution is -2.24. The summed E-state index contributed by atoms with van der Waals surface area (Å²) in [6, 6.07) is 0. The van der Waals surface area contributed by atoms with E-state index in [1.807, 2.05) is 0 Å². The molecule has 12 heavy (non-hydrogen) atoms. The molecule has 0 heterocycles. The first-order valence-corrected chi connectivity index (χ1v) is 3.75. The zero-order chi connectivity index (χ0) is 9.61. The molecule has 0 spiro atoms. The Hall–Kier alpha value is -1.21. The Kier molecular flexibility index (Phi) is 4.16. The summed E-state index contributed by atoms with van der Waals surface area (Å²) in [7, 11) is 0. The first kappa shape index (κ1) is 10.8. The lowest BCUT2D eigenvalue weighted by Gasteiger charge is -2.16. The summed E-state index contributed by atoms with van der Waals surface area (Å²) in [4.78, 5) is 10.1.